The Morgan fingerprint density at radius 3 is 2.76 bits per heavy atom. The number of piperidine rings is 1. The summed E-state index contributed by atoms with van der Waals surface area (Å²) in [6.07, 6.45) is 5.98. The van der Waals surface area contributed by atoms with Gasteiger partial charge in [0.1, 0.15) is 0 Å². The SMILES string of the molecule is CC(=O)N[C@@H](CC(=O)N1CCC[C@@H](n2cccn2)C1)c1ccccc1. The molecule has 0 radical (unpaired) electrons. The van der Waals surface area contributed by atoms with E-state index in [1.165, 1.54) is 6.92 Å². The Bertz CT molecular complexity index is 699. The van der Waals surface area contributed by atoms with Crippen LogP contribution in [0.3, 0.4) is 0 Å². The molecule has 25 heavy (non-hydrogen) atoms. The summed E-state index contributed by atoms with van der Waals surface area (Å²) in [5.74, 6) is -0.0609. The molecule has 1 aliphatic rings. The molecule has 6 heteroatoms. The van der Waals surface area contributed by atoms with Gasteiger partial charge in [0, 0.05) is 32.4 Å². The van der Waals surface area contributed by atoms with Crippen molar-refractivity contribution >= 4 is 11.8 Å². The summed E-state index contributed by atoms with van der Waals surface area (Å²) in [7, 11) is 0. The maximum absolute atomic E-state index is 12.8. The van der Waals surface area contributed by atoms with Gasteiger partial charge in [-0.05, 0) is 24.5 Å². The molecule has 1 aromatic heterocycles. The summed E-state index contributed by atoms with van der Waals surface area (Å²) in [6.45, 7) is 2.91. The van der Waals surface area contributed by atoms with E-state index in [-0.39, 0.29) is 30.3 Å². The lowest BCUT2D eigenvalue weighted by molar-refractivity contribution is -0.133. The fourth-order valence-electron chi connectivity index (χ4n) is 3.38. The summed E-state index contributed by atoms with van der Waals surface area (Å²) < 4.78 is 1.93. The minimum atomic E-state index is -0.295. The van der Waals surface area contributed by atoms with Gasteiger partial charge in [0.05, 0.1) is 18.5 Å². The van der Waals surface area contributed by atoms with Gasteiger partial charge in [0.15, 0.2) is 0 Å². The molecule has 2 heterocycles. The highest BCUT2D eigenvalue weighted by molar-refractivity contribution is 5.79. The van der Waals surface area contributed by atoms with E-state index in [0.29, 0.717) is 6.54 Å². The van der Waals surface area contributed by atoms with Crippen molar-refractivity contribution in [1.29, 1.82) is 0 Å². The second-order valence-electron chi connectivity index (χ2n) is 6.49. The molecular weight excluding hydrogens is 316 g/mol. The van der Waals surface area contributed by atoms with Crippen LogP contribution in [0.4, 0.5) is 0 Å². The minimum Gasteiger partial charge on any atom is -0.349 e. The van der Waals surface area contributed by atoms with Crippen LogP contribution in [0.25, 0.3) is 0 Å². The van der Waals surface area contributed by atoms with Crippen LogP contribution in [0, 0.1) is 0 Å². The molecule has 0 unspecified atom stereocenters. The number of nitrogens with one attached hydrogen (secondary N) is 1. The standard InChI is InChI=1S/C19H24N4O2/c1-15(24)21-18(16-7-3-2-4-8-16)13-19(25)22-11-5-9-17(14-22)23-12-6-10-20-23/h2-4,6-8,10,12,17-18H,5,9,11,13-14H2,1H3,(H,21,24)/t17-,18+/m1/s1. The first-order chi connectivity index (χ1) is 12.1. The molecule has 2 aromatic rings. The van der Waals surface area contributed by atoms with Crippen molar-refractivity contribution in [1.82, 2.24) is 20.0 Å². The number of likely N-dealkylation sites (tertiary alicyclic amines) is 1. The Balaban J connectivity index is 1.67. The predicted octanol–water partition coefficient (Wildman–Crippen LogP) is 2.31. The lowest BCUT2D eigenvalue weighted by Gasteiger charge is -2.34. The number of nitrogens with zero attached hydrogens (tertiary/aromatic N) is 3. The molecule has 3 rings (SSSR count). The van der Waals surface area contributed by atoms with Gasteiger partial charge in [-0.25, -0.2) is 0 Å². The van der Waals surface area contributed by atoms with E-state index in [1.54, 1.807) is 6.20 Å². The summed E-state index contributed by atoms with van der Waals surface area (Å²) in [6, 6.07) is 11.5. The molecule has 0 bridgehead atoms. The average Bonchev–Trinajstić information content (AvgIpc) is 3.16. The zero-order valence-electron chi connectivity index (χ0n) is 14.5. The molecule has 1 fully saturated rings. The van der Waals surface area contributed by atoms with Crippen molar-refractivity contribution < 1.29 is 9.59 Å². The van der Waals surface area contributed by atoms with Crippen LogP contribution in [-0.4, -0.2) is 39.6 Å². The van der Waals surface area contributed by atoms with E-state index in [2.05, 4.69) is 10.4 Å². The fourth-order valence-corrected chi connectivity index (χ4v) is 3.38. The van der Waals surface area contributed by atoms with E-state index in [9.17, 15) is 9.59 Å². The monoisotopic (exact) mass is 340 g/mol. The first-order valence-electron chi connectivity index (χ1n) is 8.72. The van der Waals surface area contributed by atoms with Gasteiger partial charge < -0.3 is 10.2 Å². The minimum absolute atomic E-state index is 0.0689. The largest absolute Gasteiger partial charge is 0.349 e. The first kappa shape index (κ1) is 17.2. The van der Waals surface area contributed by atoms with Crippen molar-refractivity contribution in [2.45, 2.75) is 38.3 Å². The molecule has 0 spiro atoms. The Labute approximate surface area is 147 Å². The van der Waals surface area contributed by atoms with Crippen molar-refractivity contribution in [2.75, 3.05) is 13.1 Å². The molecule has 6 nitrogen and oxygen atoms in total. The molecule has 1 N–H and O–H groups in total. The Kier molecular flexibility index (Phi) is 5.48. The highest BCUT2D eigenvalue weighted by atomic mass is 16.2. The molecule has 1 saturated heterocycles. The van der Waals surface area contributed by atoms with Gasteiger partial charge in [-0.1, -0.05) is 30.3 Å². The number of aromatic nitrogens is 2. The van der Waals surface area contributed by atoms with Gasteiger partial charge in [-0.15, -0.1) is 0 Å². The molecule has 2 atom stereocenters. The lowest BCUT2D eigenvalue weighted by Crippen LogP contribution is -2.42. The normalized spacial score (nSPS) is 18.6. The second-order valence-corrected chi connectivity index (χ2v) is 6.49. The Morgan fingerprint density at radius 2 is 2.08 bits per heavy atom. The van der Waals surface area contributed by atoms with E-state index < -0.39 is 0 Å². The molecule has 0 saturated carbocycles. The summed E-state index contributed by atoms with van der Waals surface area (Å²) in [5, 5.41) is 7.20. The smallest absolute Gasteiger partial charge is 0.225 e. The highest BCUT2D eigenvalue weighted by Crippen LogP contribution is 2.24. The first-order valence-corrected chi connectivity index (χ1v) is 8.72. The van der Waals surface area contributed by atoms with E-state index in [4.69, 9.17) is 0 Å². The Hall–Kier alpha value is -2.63. The van der Waals surface area contributed by atoms with Gasteiger partial charge in [0.2, 0.25) is 11.8 Å². The third kappa shape index (κ3) is 4.47. The number of hydrogen-bond acceptors (Lipinski definition) is 3. The van der Waals surface area contributed by atoms with Gasteiger partial charge in [-0.3, -0.25) is 14.3 Å². The molecule has 0 aliphatic carbocycles. The van der Waals surface area contributed by atoms with Crippen LogP contribution in [0.1, 0.15) is 43.8 Å². The predicted molar refractivity (Wildman–Crippen MR) is 94.7 cm³/mol. The van der Waals surface area contributed by atoms with Gasteiger partial charge in [-0.2, -0.15) is 5.10 Å². The summed E-state index contributed by atoms with van der Waals surface area (Å²) >= 11 is 0. The van der Waals surface area contributed by atoms with Crippen LogP contribution in [0.2, 0.25) is 0 Å². The average molecular weight is 340 g/mol. The van der Waals surface area contributed by atoms with Crippen molar-refractivity contribution in [3.8, 4) is 0 Å². The van der Waals surface area contributed by atoms with Gasteiger partial charge >= 0.3 is 0 Å². The third-order valence-electron chi connectivity index (χ3n) is 4.61. The van der Waals surface area contributed by atoms with Crippen LogP contribution in [0.15, 0.2) is 48.8 Å². The van der Waals surface area contributed by atoms with E-state index in [0.717, 1.165) is 24.9 Å². The molecular formula is C19H24N4O2. The second kappa shape index (κ2) is 7.96. The quantitative estimate of drug-likeness (QED) is 0.908. The number of carbonyl (C=O) groups excluding carboxylic acids is 2. The summed E-state index contributed by atoms with van der Waals surface area (Å²) in [5.41, 5.74) is 0.951. The van der Waals surface area contributed by atoms with E-state index >= 15 is 0 Å². The molecule has 2 amide bonds. The number of hydrogen-bond donors (Lipinski definition) is 1. The molecule has 132 valence electrons. The van der Waals surface area contributed by atoms with E-state index in [1.807, 2.05) is 52.2 Å². The summed E-state index contributed by atoms with van der Waals surface area (Å²) in [4.78, 5) is 26.3. The van der Waals surface area contributed by atoms with Crippen molar-refractivity contribution in [2.24, 2.45) is 0 Å². The van der Waals surface area contributed by atoms with Crippen molar-refractivity contribution in [3.05, 3.63) is 54.4 Å². The zero-order valence-corrected chi connectivity index (χ0v) is 14.5. The van der Waals surface area contributed by atoms with Crippen LogP contribution < -0.4 is 5.32 Å². The van der Waals surface area contributed by atoms with Crippen molar-refractivity contribution in [3.63, 3.8) is 0 Å². The number of benzene rings is 1. The lowest BCUT2D eigenvalue weighted by atomic mass is 10.0. The van der Waals surface area contributed by atoms with Crippen LogP contribution >= 0.6 is 0 Å². The topological polar surface area (TPSA) is 67.2 Å². The number of amides is 2. The zero-order chi connectivity index (χ0) is 17.6. The maximum Gasteiger partial charge on any atom is 0.225 e. The Morgan fingerprint density at radius 1 is 1.28 bits per heavy atom. The van der Waals surface area contributed by atoms with Crippen LogP contribution in [0.5, 0.6) is 0 Å². The highest BCUT2D eigenvalue weighted by Gasteiger charge is 2.27. The molecule has 1 aromatic carbocycles. The number of rotatable bonds is 5. The number of carbonyl (C=O) groups is 2. The van der Waals surface area contributed by atoms with Gasteiger partial charge in [0.25, 0.3) is 0 Å². The molecule has 1 aliphatic heterocycles. The maximum atomic E-state index is 12.8. The van der Waals surface area contributed by atoms with Crippen LogP contribution in [-0.2, 0) is 9.59 Å². The fraction of sp³-hybridized carbons (Fsp3) is 0.421. The third-order valence-corrected chi connectivity index (χ3v) is 4.61.